The number of likely N-dealkylation sites (N-methyl/N-ethyl adjacent to an activating group) is 1. The highest BCUT2D eigenvalue weighted by molar-refractivity contribution is 4.91. The molecule has 88 valence electrons. The van der Waals surface area contributed by atoms with Crippen LogP contribution in [0.1, 0.15) is 19.8 Å². The molecule has 2 aliphatic rings. The van der Waals surface area contributed by atoms with Gasteiger partial charge in [0.15, 0.2) is 0 Å². The van der Waals surface area contributed by atoms with Gasteiger partial charge in [0.05, 0.1) is 0 Å². The Kier molecular flexibility index (Phi) is 3.33. The first-order valence-corrected chi connectivity index (χ1v) is 6.22. The van der Waals surface area contributed by atoms with Gasteiger partial charge in [-0.05, 0) is 38.8 Å². The van der Waals surface area contributed by atoms with Gasteiger partial charge in [-0.1, -0.05) is 6.92 Å². The SMILES string of the molecule is CC1CN(CC(N)C2CC2)CC1N(C)C. The van der Waals surface area contributed by atoms with Gasteiger partial charge in [0.25, 0.3) is 0 Å². The fraction of sp³-hybridized carbons (Fsp3) is 1.00. The highest BCUT2D eigenvalue weighted by atomic mass is 15.2. The van der Waals surface area contributed by atoms with Crippen molar-refractivity contribution >= 4 is 0 Å². The average molecular weight is 211 g/mol. The third-order valence-corrected chi connectivity index (χ3v) is 4.01. The van der Waals surface area contributed by atoms with Crippen molar-refractivity contribution in [3.8, 4) is 0 Å². The Morgan fingerprint density at radius 2 is 2.00 bits per heavy atom. The molecule has 0 aromatic heterocycles. The van der Waals surface area contributed by atoms with E-state index >= 15 is 0 Å². The second-order valence-electron chi connectivity index (χ2n) is 5.73. The van der Waals surface area contributed by atoms with E-state index < -0.39 is 0 Å². The molecular formula is C12H25N3. The van der Waals surface area contributed by atoms with Gasteiger partial charge in [0.2, 0.25) is 0 Å². The summed E-state index contributed by atoms with van der Waals surface area (Å²) in [7, 11) is 4.37. The van der Waals surface area contributed by atoms with Crippen LogP contribution in [0.2, 0.25) is 0 Å². The summed E-state index contributed by atoms with van der Waals surface area (Å²) in [5.41, 5.74) is 6.17. The Bertz CT molecular complexity index is 211. The molecule has 0 aromatic rings. The van der Waals surface area contributed by atoms with Gasteiger partial charge in [-0.3, -0.25) is 4.90 Å². The summed E-state index contributed by atoms with van der Waals surface area (Å²) in [4.78, 5) is 4.91. The highest BCUT2D eigenvalue weighted by Crippen LogP contribution is 2.32. The average Bonchev–Trinajstić information content (AvgIpc) is 2.91. The smallest absolute Gasteiger partial charge is 0.0254 e. The zero-order chi connectivity index (χ0) is 11.0. The third kappa shape index (κ3) is 2.71. The molecule has 15 heavy (non-hydrogen) atoms. The van der Waals surface area contributed by atoms with Crippen molar-refractivity contribution in [1.82, 2.24) is 9.80 Å². The maximum absolute atomic E-state index is 6.17. The minimum atomic E-state index is 0.429. The Labute approximate surface area is 93.6 Å². The fourth-order valence-electron chi connectivity index (χ4n) is 2.84. The quantitative estimate of drug-likeness (QED) is 0.739. The van der Waals surface area contributed by atoms with Gasteiger partial charge >= 0.3 is 0 Å². The van der Waals surface area contributed by atoms with Crippen LogP contribution in [0, 0.1) is 11.8 Å². The molecule has 1 heterocycles. The second kappa shape index (κ2) is 4.40. The normalized spacial score (nSPS) is 35.0. The van der Waals surface area contributed by atoms with Crippen molar-refractivity contribution in [3.05, 3.63) is 0 Å². The Morgan fingerprint density at radius 3 is 2.47 bits per heavy atom. The van der Waals surface area contributed by atoms with Crippen molar-refractivity contribution < 1.29 is 0 Å². The molecule has 0 spiro atoms. The second-order valence-corrected chi connectivity index (χ2v) is 5.73. The highest BCUT2D eigenvalue weighted by Gasteiger charge is 2.35. The molecule has 0 aromatic carbocycles. The zero-order valence-electron chi connectivity index (χ0n) is 10.3. The number of nitrogens with zero attached hydrogens (tertiary/aromatic N) is 2. The molecule has 1 aliphatic heterocycles. The van der Waals surface area contributed by atoms with Crippen LogP contribution >= 0.6 is 0 Å². The summed E-state index contributed by atoms with van der Waals surface area (Å²) in [6, 6.07) is 1.15. The van der Waals surface area contributed by atoms with Gasteiger partial charge in [0.1, 0.15) is 0 Å². The van der Waals surface area contributed by atoms with Crippen LogP contribution in [-0.4, -0.2) is 55.6 Å². The van der Waals surface area contributed by atoms with Gasteiger partial charge in [-0.15, -0.1) is 0 Å². The van der Waals surface area contributed by atoms with Gasteiger partial charge in [-0.25, -0.2) is 0 Å². The molecule has 3 atom stereocenters. The topological polar surface area (TPSA) is 32.5 Å². The van der Waals surface area contributed by atoms with E-state index in [1.807, 2.05) is 0 Å². The van der Waals surface area contributed by atoms with E-state index in [-0.39, 0.29) is 0 Å². The van der Waals surface area contributed by atoms with Crippen molar-refractivity contribution in [2.75, 3.05) is 33.7 Å². The molecule has 1 saturated heterocycles. The van der Waals surface area contributed by atoms with Crippen LogP contribution in [0.4, 0.5) is 0 Å². The first-order chi connectivity index (χ1) is 7.08. The number of rotatable bonds is 4. The van der Waals surface area contributed by atoms with E-state index in [0.29, 0.717) is 6.04 Å². The number of hydrogen-bond donors (Lipinski definition) is 1. The van der Waals surface area contributed by atoms with Crippen LogP contribution in [0.5, 0.6) is 0 Å². The summed E-state index contributed by atoms with van der Waals surface area (Å²) < 4.78 is 0. The van der Waals surface area contributed by atoms with E-state index in [2.05, 4.69) is 30.8 Å². The molecule has 2 N–H and O–H groups in total. The molecule has 2 rings (SSSR count). The monoisotopic (exact) mass is 211 g/mol. The van der Waals surface area contributed by atoms with E-state index in [0.717, 1.165) is 24.4 Å². The van der Waals surface area contributed by atoms with Crippen LogP contribution in [0.25, 0.3) is 0 Å². The summed E-state index contributed by atoms with van der Waals surface area (Å²) in [5.74, 6) is 1.62. The predicted octanol–water partition coefficient (Wildman–Crippen LogP) is 0.606. The van der Waals surface area contributed by atoms with Gasteiger partial charge in [0, 0.05) is 31.7 Å². The molecule has 1 aliphatic carbocycles. The lowest BCUT2D eigenvalue weighted by Crippen LogP contribution is -2.39. The molecule has 1 saturated carbocycles. The molecule has 3 nitrogen and oxygen atoms in total. The molecule has 0 amide bonds. The van der Waals surface area contributed by atoms with Crippen LogP contribution < -0.4 is 5.73 Å². The van der Waals surface area contributed by atoms with Crippen LogP contribution in [0.15, 0.2) is 0 Å². The van der Waals surface area contributed by atoms with Crippen LogP contribution in [-0.2, 0) is 0 Å². The number of likely N-dealkylation sites (tertiary alicyclic amines) is 1. The molecule has 3 heteroatoms. The Hall–Kier alpha value is -0.120. The molecule has 0 radical (unpaired) electrons. The van der Waals surface area contributed by atoms with Crippen molar-refractivity contribution in [2.45, 2.75) is 31.8 Å². The fourth-order valence-corrected chi connectivity index (χ4v) is 2.84. The largest absolute Gasteiger partial charge is 0.326 e. The lowest BCUT2D eigenvalue weighted by Gasteiger charge is -2.23. The van der Waals surface area contributed by atoms with E-state index in [4.69, 9.17) is 5.73 Å². The maximum atomic E-state index is 6.17. The molecule has 0 bridgehead atoms. The summed E-state index contributed by atoms with van der Waals surface area (Å²) >= 11 is 0. The number of hydrogen-bond acceptors (Lipinski definition) is 3. The minimum absolute atomic E-state index is 0.429. The minimum Gasteiger partial charge on any atom is -0.326 e. The lowest BCUT2D eigenvalue weighted by atomic mass is 10.1. The number of nitrogens with two attached hydrogens (primary N) is 1. The Balaban J connectivity index is 1.80. The van der Waals surface area contributed by atoms with Crippen molar-refractivity contribution in [2.24, 2.45) is 17.6 Å². The summed E-state index contributed by atoms with van der Waals surface area (Å²) in [6.45, 7) is 5.89. The van der Waals surface area contributed by atoms with E-state index in [9.17, 15) is 0 Å². The Morgan fingerprint density at radius 1 is 1.33 bits per heavy atom. The molecular weight excluding hydrogens is 186 g/mol. The predicted molar refractivity (Wildman–Crippen MR) is 63.8 cm³/mol. The molecule has 3 unspecified atom stereocenters. The zero-order valence-corrected chi connectivity index (χ0v) is 10.3. The standard InChI is InChI=1S/C12H25N3/c1-9-6-15(8-12(9)14(2)3)7-11(13)10-4-5-10/h9-12H,4-8,13H2,1-3H3. The lowest BCUT2D eigenvalue weighted by molar-refractivity contribution is 0.245. The summed E-state index contributed by atoms with van der Waals surface area (Å²) in [5, 5.41) is 0. The first kappa shape index (κ1) is 11.4. The van der Waals surface area contributed by atoms with E-state index in [1.54, 1.807) is 0 Å². The summed E-state index contributed by atoms with van der Waals surface area (Å²) in [6.07, 6.45) is 2.73. The van der Waals surface area contributed by atoms with Crippen LogP contribution in [0.3, 0.4) is 0 Å². The van der Waals surface area contributed by atoms with Crippen molar-refractivity contribution in [1.29, 1.82) is 0 Å². The maximum Gasteiger partial charge on any atom is 0.0254 e. The van der Waals surface area contributed by atoms with E-state index in [1.165, 1.54) is 25.9 Å². The van der Waals surface area contributed by atoms with Gasteiger partial charge in [-0.2, -0.15) is 0 Å². The third-order valence-electron chi connectivity index (χ3n) is 4.01. The first-order valence-electron chi connectivity index (χ1n) is 6.22. The molecule has 2 fully saturated rings. The van der Waals surface area contributed by atoms with Gasteiger partial charge < -0.3 is 10.6 Å². The van der Waals surface area contributed by atoms with Crippen molar-refractivity contribution in [3.63, 3.8) is 0 Å².